The summed E-state index contributed by atoms with van der Waals surface area (Å²) in [5.74, 6) is -0.947. The average molecular weight is 276 g/mol. The van der Waals surface area contributed by atoms with Crippen LogP contribution in [0.15, 0.2) is 18.3 Å². The second kappa shape index (κ2) is 4.37. The van der Waals surface area contributed by atoms with Crippen LogP contribution in [0.2, 0.25) is 0 Å². The number of anilines is 1. The Morgan fingerprint density at radius 2 is 2.11 bits per heavy atom. The van der Waals surface area contributed by atoms with Crippen molar-refractivity contribution in [2.24, 2.45) is 0 Å². The van der Waals surface area contributed by atoms with Crippen molar-refractivity contribution in [3.63, 3.8) is 0 Å². The molecule has 2 heterocycles. The summed E-state index contributed by atoms with van der Waals surface area (Å²) in [5, 5.41) is 18.2. The van der Waals surface area contributed by atoms with Crippen LogP contribution in [0.1, 0.15) is 16.8 Å². The number of nitrogens with zero attached hydrogens (tertiary/aromatic N) is 2. The number of hydrogen-bond acceptors (Lipinski definition) is 4. The van der Waals surface area contributed by atoms with Crippen LogP contribution in [0.5, 0.6) is 0 Å². The molecule has 1 fully saturated rings. The van der Waals surface area contributed by atoms with Gasteiger partial charge in [-0.1, -0.05) is 0 Å². The molecular formula is C11H11F3N2O3. The summed E-state index contributed by atoms with van der Waals surface area (Å²) in [4.78, 5) is 15.7. The van der Waals surface area contributed by atoms with Gasteiger partial charge in [0.15, 0.2) is 5.60 Å². The highest BCUT2D eigenvalue weighted by Gasteiger charge is 2.57. The summed E-state index contributed by atoms with van der Waals surface area (Å²) in [5.41, 5.74) is -2.78. The van der Waals surface area contributed by atoms with E-state index in [1.54, 1.807) is 0 Å². The summed E-state index contributed by atoms with van der Waals surface area (Å²) < 4.78 is 37.9. The van der Waals surface area contributed by atoms with Gasteiger partial charge in [-0.3, -0.25) is 0 Å². The molecule has 0 aliphatic carbocycles. The number of hydrogen-bond donors (Lipinski definition) is 2. The summed E-state index contributed by atoms with van der Waals surface area (Å²) in [6, 6.07) is 2.58. The Balaban J connectivity index is 2.15. The number of β-amino-alcohol motifs (C(OH)–C–C–N with tert-alkyl or cyclic N) is 1. The molecule has 0 saturated carbocycles. The van der Waals surface area contributed by atoms with Crippen molar-refractivity contribution in [3.05, 3.63) is 23.9 Å². The normalized spacial score (nSPS) is 23.7. The predicted octanol–water partition coefficient (Wildman–Crippen LogP) is 1.28. The van der Waals surface area contributed by atoms with E-state index in [9.17, 15) is 23.1 Å². The first-order chi connectivity index (χ1) is 8.73. The number of rotatable bonds is 2. The fourth-order valence-electron chi connectivity index (χ4n) is 1.92. The maximum atomic E-state index is 12.6. The molecule has 8 heteroatoms. The zero-order valence-electron chi connectivity index (χ0n) is 9.68. The van der Waals surface area contributed by atoms with Crippen LogP contribution in [-0.2, 0) is 0 Å². The lowest BCUT2D eigenvalue weighted by atomic mass is 10.0. The zero-order chi connectivity index (χ0) is 14.3. The van der Waals surface area contributed by atoms with Crippen molar-refractivity contribution in [1.82, 2.24) is 4.98 Å². The fourth-order valence-corrected chi connectivity index (χ4v) is 1.92. The lowest BCUT2D eigenvalue weighted by Gasteiger charge is -2.26. The van der Waals surface area contributed by atoms with E-state index < -0.39 is 30.7 Å². The Kier molecular flexibility index (Phi) is 3.13. The van der Waals surface area contributed by atoms with E-state index in [0.717, 1.165) is 6.20 Å². The Morgan fingerprint density at radius 3 is 2.53 bits per heavy atom. The zero-order valence-corrected chi connectivity index (χ0v) is 9.68. The number of carbonyl (C=O) groups is 1. The number of aromatic carboxylic acids is 1. The summed E-state index contributed by atoms with van der Waals surface area (Å²) in [6.45, 7) is -0.592. The van der Waals surface area contributed by atoms with Crippen LogP contribution < -0.4 is 4.90 Å². The molecule has 1 aliphatic heterocycles. The van der Waals surface area contributed by atoms with Gasteiger partial charge in [-0.05, 0) is 12.1 Å². The minimum Gasteiger partial charge on any atom is -0.478 e. The second-order valence-corrected chi connectivity index (χ2v) is 4.41. The van der Waals surface area contributed by atoms with Crippen molar-refractivity contribution in [3.8, 4) is 0 Å². The quantitative estimate of drug-likeness (QED) is 0.851. The highest BCUT2D eigenvalue weighted by atomic mass is 19.4. The lowest BCUT2D eigenvalue weighted by molar-refractivity contribution is -0.250. The molecule has 0 amide bonds. The molecule has 0 bridgehead atoms. The largest absolute Gasteiger partial charge is 0.478 e. The first-order valence-corrected chi connectivity index (χ1v) is 5.46. The molecule has 1 aliphatic rings. The number of carboxylic acid groups (broad SMARTS) is 1. The Hall–Kier alpha value is -1.83. The molecule has 104 valence electrons. The molecule has 1 aromatic rings. The molecule has 0 radical (unpaired) electrons. The van der Waals surface area contributed by atoms with E-state index in [0.29, 0.717) is 0 Å². The van der Waals surface area contributed by atoms with Crippen LogP contribution in [0.3, 0.4) is 0 Å². The number of aromatic nitrogens is 1. The SMILES string of the molecule is O=C(O)c1ccc(N2CCC(O)(C(F)(F)F)C2)nc1. The molecule has 1 atom stereocenters. The van der Waals surface area contributed by atoms with E-state index >= 15 is 0 Å². The van der Waals surface area contributed by atoms with E-state index in [4.69, 9.17) is 5.11 Å². The Morgan fingerprint density at radius 1 is 1.42 bits per heavy atom. The van der Waals surface area contributed by atoms with E-state index in [1.165, 1.54) is 17.0 Å². The van der Waals surface area contributed by atoms with Crippen molar-refractivity contribution in [2.45, 2.75) is 18.2 Å². The number of pyridine rings is 1. The number of alkyl halides is 3. The van der Waals surface area contributed by atoms with Crippen LogP contribution in [0, 0.1) is 0 Å². The highest BCUT2D eigenvalue weighted by Crippen LogP contribution is 2.38. The minimum atomic E-state index is -4.69. The third-order valence-electron chi connectivity index (χ3n) is 3.09. The summed E-state index contributed by atoms with van der Waals surface area (Å²) in [6.07, 6.45) is -4.05. The molecule has 1 aromatic heterocycles. The maximum absolute atomic E-state index is 12.6. The Bertz CT molecular complexity index is 489. The topological polar surface area (TPSA) is 73.7 Å². The van der Waals surface area contributed by atoms with Gasteiger partial charge in [0.25, 0.3) is 0 Å². The standard InChI is InChI=1S/C11H11F3N2O3/c12-11(13,14)10(19)3-4-16(6-10)8-2-1-7(5-15-8)9(17)18/h1-2,5,19H,3-4,6H2,(H,17,18). The van der Waals surface area contributed by atoms with Crippen molar-refractivity contribution < 1.29 is 28.2 Å². The lowest BCUT2D eigenvalue weighted by Crippen LogP contribution is -2.47. The second-order valence-electron chi connectivity index (χ2n) is 4.41. The Labute approximate surface area is 106 Å². The molecule has 0 aromatic carbocycles. The molecule has 1 saturated heterocycles. The average Bonchev–Trinajstić information content (AvgIpc) is 2.73. The predicted molar refractivity (Wildman–Crippen MR) is 59.0 cm³/mol. The molecular weight excluding hydrogens is 265 g/mol. The van der Waals surface area contributed by atoms with Crippen molar-refractivity contribution in [2.75, 3.05) is 18.0 Å². The van der Waals surface area contributed by atoms with E-state index in [-0.39, 0.29) is 17.9 Å². The number of aliphatic hydroxyl groups is 1. The van der Waals surface area contributed by atoms with Crippen molar-refractivity contribution in [1.29, 1.82) is 0 Å². The van der Waals surface area contributed by atoms with Gasteiger partial charge in [-0.15, -0.1) is 0 Å². The highest BCUT2D eigenvalue weighted by molar-refractivity contribution is 5.87. The van der Waals surface area contributed by atoms with E-state index in [2.05, 4.69) is 4.98 Å². The third-order valence-corrected chi connectivity index (χ3v) is 3.09. The van der Waals surface area contributed by atoms with Crippen molar-refractivity contribution >= 4 is 11.8 Å². The van der Waals surface area contributed by atoms with Crippen LogP contribution in [-0.4, -0.2) is 46.0 Å². The van der Waals surface area contributed by atoms with Gasteiger partial charge in [0.2, 0.25) is 0 Å². The molecule has 2 N–H and O–H groups in total. The molecule has 0 spiro atoms. The smallest absolute Gasteiger partial charge is 0.418 e. The van der Waals surface area contributed by atoms with Crippen LogP contribution in [0.25, 0.3) is 0 Å². The van der Waals surface area contributed by atoms with Crippen LogP contribution >= 0.6 is 0 Å². The molecule has 5 nitrogen and oxygen atoms in total. The summed E-state index contributed by atoms with van der Waals surface area (Å²) in [7, 11) is 0. The molecule has 2 rings (SSSR count). The van der Waals surface area contributed by atoms with E-state index in [1.807, 2.05) is 0 Å². The van der Waals surface area contributed by atoms with Gasteiger partial charge in [-0.2, -0.15) is 13.2 Å². The van der Waals surface area contributed by atoms with Crippen LogP contribution in [0.4, 0.5) is 19.0 Å². The molecule has 19 heavy (non-hydrogen) atoms. The first-order valence-electron chi connectivity index (χ1n) is 5.46. The maximum Gasteiger partial charge on any atom is 0.418 e. The first kappa shape index (κ1) is 13.6. The third kappa shape index (κ3) is 2.48. The van der Waals surface area contributed by atoms with Gasteiger partial charge >= 0.3 is 12.1 Å². The number of carboxylic acids is 1. The van der Waals surface area contributed by atoms with Gasteiger partial charge in [0, 0.05) is 19.2 Å². The minimum absolute atomic E-state index is 0.00935. The molecule has 1 unspecified atom stereocenters. The number of halogens is 3. The van der Waals surface area contributed by atoms with Gasteiger partial charge in [-0.25, -0.2) is 9.78 Å². The van der Waals surface area contributed by atoms with Gasteiger partial charge < -0.3 is 15.1 Å². The monoisotopic (exact) mass is 276 g/mol. The summed E-state index contributed by atoms with van der Waals surface area (Å²) >= 11 is 0. The fraction of sp³-hybridized carbons (Fsp3) is 0.455. The van der Waals surface area contributed by atoms with Gasteiger partial charge in [0.05, 0.1) is 12.1 Å². The van der Waals surface area contributed by atoms with Gasteiger partial charge in [0.1, 0.15) is 5.82 Å².